The molecule has 0 radical (unpaired) electrons. The van der Waals surface area contributed by atoms with Gasteiger partial charge in [-0.2, -0.15) is 4.63 Å². The van der Waals surface area contributed by atoms with Crippen molar-refractivity contribution in [1.82, 2.24) is 19.8 Å². The largest absolute Gasteiger partial charge is 0.276 e. The number of aromatic nitrogens is 4. The van der Waals surface area contributed by atoms with Crippen molar-refractivity contribution >= 4 is 17.2 Å². The topological polar surface area (TPSA) is 46.0 Å². The first-order valence-electron chi connectivity index (χ1n) is 4.47. The molecular weight excluding hydrogens is 212 g/mol. The summed E-state index contributed by atoms with van der Waals surface area (Å²) in [6, 6.07) is 9.56. The summed E-state index contributed by atoms with van der Waals surface area (Å²) in [6.07, 6.45) is 1.51. The maximum Gasteiger partial charge on any atom is 0.175 e. The van der Waals surface area contributed by atoms with Crippen LogP contribution in [0.15, 0.2) is 36.7 Å². The molecule has 15 heavy (non-hydrogen) atoms. The molecular formula is C10H7ClN4. The maximum atomic E-state index is 5.92. The van der Waals surface area contributed by atoms with Crippen LogP contribution in [0.25, 0.3) is 16.9 Å². The SMILES string of the molecule is Clc1cccc(-c2cc3ncnn3[nH]2)c1. The van der Waals surface area contributed by atoms with Gasteiger partial charge in [0.1, 0.15) is 6.33 Å². The smallest absolute Gasteiger partial charge is 0.175 e. The van der Waals surface area contributed by atoms with Gasteiger partial charge in [-0.05, 0) is 12.1 Å². The molecule has 74 valence electrons. The van der Waals surface area contributed by atoms with Gasteiger partial charge in [0, 0.05) is 16.7 Å². The van der Waals surface area contributed by atoms with Gasteiger partial charge in [0.25, 0.3) is 0 Å². The average molecular weight is 219 g/mol. The number of H-pyrrole nitrogens is 1. The van der Waals surface area contributed by atoms with Crippen LogP contribution < -0.4 is 0 Å². The second kappa shape index (κ2) is 3.10. The van der Waals surface area contributed by atoms with Crippen LogP contribution in [0.2, 0.25) is 5.02 Å². The Hall–Kier alpha value is -1.81. The zero-order valence-corrected chi connectivity index (χ0v) is 8.44. The van der Waals surface area contributed by atoms with Crippen molar-refractivity contribution in [1.29, 1.82) is 0 Å². The number of hydrogen-bond acceptors (Lipinski definition) is 2. The summed E-state index contributed by atoms with van der Waals surface area (Å²) in [4.78, 5) is 4.07. The molecule has 1 N–H and O–H groups in total. The number of nitrogens with one attached hydrogen (secondary N) is 1. The van der Waals surface area contributed by atoms with E-state index in [0.29, 0.717) is 5.02 Å². The zero-order chi connectivity index (χ0) is 10.3. The Morgan fingerprint density at radius 3 is 3.00 bits per heavy atom. The first-order valence-corrected chi connectivity index (χ1v) is 4.85. The molecule has 1 aromatic carbocycles. The summed E-state index contributed by atoms with van der Waals surface area (Å²) in [7, 11) is 0. The third-order valence-corrected chi connectivity index (χ3v) is 2.44. The van der Waals surface area contributed by atoms with Gasteiger partial charge in [0.05, 0.1) is 5.69 Å². The quantitative estimate of drug-likeness (QED) is 0.682. The van der Waals surface area contributed by atoms with Crippen molar-refractivity contribution in [3.8, 4) is 11.3 Å². The molecule has 0 spiro atoms. The first-order chi connectivity index (χ1) is 7.33. The summed E-state index contributed by atoms with van der Waals surface area (Å²) in [5.74, 6) is 0. The molecule has 2 aromatic heterocycles. The summed E-state index contributed by atoms with van der Waals surface area (Å²) in [5, 5.41) is 7.82. The molecule has 0 atom stereocenters. The molecule has 0 amide bonds. The highest BCUT2D eigenvalue weighted by molar-refractivity contribution is 6.30. The van der Waals surface area contributed by atoms with Gasteiger partial charge in [-0.15, -0.1) is 5.10 Å². The standard InChI is InChI=1S/C10H7ClN4/c11-8-3-1-2-7(4-8)9-5-10-12-6-13-15(10)14-9/h1-6,14H. The first kappa shape index (κ1) is 8.49. The lowest BCUT2D eigenvalue weighted by molar-refractivity contribution is 0.825. The lowest BCUT2D eigenvalue weighted by atomic mass is 10.2. The van der Waals surface area contributed by atoms with Gasteiger partial charge in [0.2, 0.25) is 0 Å². The molecule has 0 aliphatic carbocycles. The minimum Gasteiger partial charge on any atom is -0.276 e. The van der Waals surface area contributed by atoms with Crippen molar-refractivity contribution in [3.05, 3.63) is 41.7 Å². The molecule has 0 unspecified atom stereocenters. The second-order valence-electron chi connectivity index (χ2n) is 3.21. The van der Waals surface area contributed by atoms with E-state index in [9.17, 15) is 0 Å². The molecule has 2 heterocycles. The van der Waals surface area contributed by atoms with E-state index in [1.165, 1.54) is 6.33 Å². The summed E-state index contributed by atoms with van der Waals surface area (Å²) in [5.41, 5.74) is 2.77. The zero-order valence-electron chi connectivity index (χ0n) is 7.68. The molecule has 0 saturated heterocycles. The highest BCUT2D eigenvalue weighted by Gasteiger charge is 2.04. The fourth-order valence-corrected chi connectivity index (χ4v) is 1.70. The lowest BCUT2D eigenvalue weighted by Crippen LogP contribution is -1.86. The van der Waals surface area contributed by atoms with Crippen LogP contribution >= 0.6 is 11.6 Å². The van der Waals surface area contributed by atoms with Gasteiger partial charge < -0.3 is 0 Å². The van der Waals surface area contributed by atoms with E-state index in [2.05, 4.69) is 15.2 Å². The highest BCUT2D eigenvalue weighted by atomic mass is 35.5. The maximum absolute atomic E-state index is 5.92. The predicted molar refractivity (Wildman–Crippen MR) is 57.8 cm³/mol. The van der Waals surface area contributed by atoms with Crippen molar-refractivity contribution in [2.75, 3.05) is 0 Å². The molecule has 3 rings (SSSR count). The van der Waals surface area contributed by atoms with Crippen LogP contribution in [-0.2, 0) is 0 Å². The average Bonchev–Trinajstić information content (AvgIpc) is 2.76. The molecule has 0 saturated carbocycles. The van der Waals surface area contributed by atoms with Crippen molar-refractivity contribution in [3.63, 3.8) is 0 Å². The minimum absolute atomic E-state index is 0.715. The van der Waals surface area contributed by atoms with E-state index in [1.807, 2.05) is 30.3 Å². The Kier molecular flexibility index (Phi) is 1.76. The molecule has 0 aliphatic heterocycles. The van der Waals surface area contributed by atoms with Crippen LogP contribution in [0.3, 0.4) is 0 Å². The molecule has 0 aliphatic rings. The Bertz CT molecular complexity index is 582. The van der Waals surface area contributed by atoms with E-state index in [0.717, 1.165) is 16.9 Å². The fourth-order valence-electron chi connectivity index (χ4n) is 1.51. The minimum atomic E-state index is 0.715. The second-order valence-corrected chi connectivity index (χ2v) is 3.65. The van der Waals surface area contributed by atoms with Gasteiger partial charge in [-0.3, -0.25) is 5.10 Å². The van der Waals surface area contributed by atoms with E-state index < -0.39 is 0 Å². The summed E-state index contributed by atoms with van der Waals surface area (Å²) >= 11 is 5.92. The third kappa shape index (κ3) is 1.39. The molecule has 0 fully saturated rings. The van der Waals surface area contributed by atoms with Crippen LogP contribution in [0.1, 0.15) is 0 Å². The Balaban J connectivity index is 2.17. The molecule has 3 aromatic rings. The van der Waals surface area contributed by atoms with Gasteiger partial charge in [-0.1, -0.05) is 23.7 Å². The monoisotopic (exact) mass is 218 g/mol. The van der Waals surface area contributed by atoms with Crippen LogP contribution in [0.4, 0.5) is 0 Å². The lowest BCUT2D eigenvalue weighted by Gasteiger charge is -1.96. The molecule has 5 heteroatoms. The van der Waals surface area contributed by atoms with Crippen molar-refractivity contribution in [2.24, 2.45) is 0 Å². The predicted octanol–water partition coefficient (Wildman–Crippen LogP) is 2.38. The van der Waals surface area contributed by atoms with E-state index in [4.69, 9.17) is 11.6 Å². The Morgan fingerprint density at radius 2 is 2.20 bits per heavy atom. The van der Waals surface area contributed by atoms with E-state index in [-0.39, 0.29) is 0 Å². The van der Waals surface area contributed by atoms with Gasteiger partial charge >= 0.3 is 0 Å². The van der Waals surface area contributed by atoms with Gasteiger partial charge in [0.15, 0.2) is 5.65 Å². The number of hydrogen-bond donors (Lipinski definition) is 1. The molecule has 4 nitrogen and oxygen atoms in total. The third-order valence-electron chi connectivity index (χ3n) is 2.21. The van der Waals surface area contributed by atoms with Gasteiger partial charge in [-0.25, -0.2) is 4.98 Å². The van der Waals surface area contributed by atoms with Crippen molar-refractivity contribution < 1.29 is 0 Å². The highest BCUT2D eigenvalue weighted by Crippen LogP contribution is 2.21. The van der Waals surface area contributed by atoms with Crippen LogP contribution in [-0.4, -0.2) is 19.8 Å². The number of rotatable bonds is 1. The van der Waals surface area contributed by atoms with Crippen molar-refractivity contribution in [2.45, 2.75) is 0 Å². The molecule has 0 bridgehead atoms. The number of fused-ring (bicyclic) bond motifs is 1. The van der Waals surface area contributed by atoms with Crippen LogP contribution in [0.5, 0.6) is 0 Å². The summed E-state index contributed by atoms with van der Waals surface area (Å²) in [6.45, 7) is 0. The Morgan fingerprint density at radius 1 is 1.27 bits per heavy atom. The normalized spacial score (nSPS) is 11.0. The number of nitrogens with zero attached hydrogens (tertiary/aromatic N) is 3. The fraction of sp³-hybridized carbons (Fsp3) is 0. The number of halogens is 1. The number of benzene rings is 1. The number of aromatic amines is 1. The van der Waals surface area contributed by atoms with E-state index in [1.54, 1.807) is 4.63 Å². The van der Waals surface area contributed by atoms with Crippen LogP contribution in [0, 0.1) is 0 Å². The Labute approximate surface area is 90.5 Å². The van der Waals surface area contributed by atoms with E-state index >= 15 is 0 Å². The summed E-state index contributed by atoms with van der Waals surface area (Å²) < 4.78 is 1.62.